The van der Waals surface area contributed by atoms with E-state index >= 15 is 0 Å². The Morgan fingerprint density at radius 1 is 1.23 bits per heavy atom. The van der Waals surface area contributed by atoms with Crippen molar-refractivity contribution in [3.8, 4) is 5.75 Å². The number of anilines is 1. The first-order valence-corrected chi connectivity index (χ1v) is 10.3. The largest absolute Gasteiger partial charge is 0.495 e. The Kier molecular flexibility index (Phi) is 5.74. The second-order valence-corrected chi connectivity index (χ2v) is 7.93. The average molecular weight is 486 g/mol. The maximum atomic E-state index is 13.1. The van der Waals surface area contributed by atoms with E-state index in [9.17, 15) is 4.79 Å². The first-order valence-electron chi connectivity index (χ1n) is 9.16. The lowest BCUT2D eigenvalue weighted by atomic mass is 10.2. The molecular formula is C22H18BrClN4O2. The van der Waals surface area contributed by atoms with Gasteiger partial charge in [-0.3, -0.25) is 4.79 Å². The monoisotopic (exact) mass is 484 g/mol. The molecule has 0 atom stereocenters. The Morgan fingerprint density at radius 3 is 2.73 bits per heavy atom. The number of hydrogen-bond donors (Lipinski definition) is 1. The van der Waals surface area contributed by atoms with Crippen molar-refractivity contribution in [2.45, 2.75) is 13.5 Å². The highest BCUT2D eigenvalue weighted by atomic mass is 79.9. The molecular weight excluding hydrogens is 468 g/mol. The summed E-state index contributed by atoms with van der Waals surface area (Å²) in [4.78, 5) is 21.5. The summed E-state index contributed by atoms with van der Waals surface area (Å²) in [6.07, 6.45) is 3.12. The first-order chi connectivity index (χ1) is 14.5. The van der Waals surface area contributed by atoms with Crippen LogP contribution in [0, 0.1) is 6.92 Å². The first kappa shape index (κ1) is 20.4. The standard InChI is InChI=1S/C22H18BrClN4O2/c1-13-8-15(9-17(30-2)18(13)23)27-22(29)16-11-28(10-14-6-4-3-5-7-14)20-19(16)25-12-26-21(20)24/h3-9,11-12H,10H2,1-2H3,(H,27,29). The number of methoxy groups -OCH3 is 1. The van der Waals surface area contributed by atoms with E-state index in [2.05, 4.69) is 31.2 Å². The molecule has 0 saturated carbocycles. The predicted octanol–water partition coefficient (Wildman–Crippen LogP) is 5.46. The number of carbonyl (C=O) groups is 1. The fourth-order valence-corrected chi connectivity index (χ4v) is 3.95. The molecule has 0 saturated heterocycles. The number of ether oxygens (including phenoxy) is 1. The zero-order valence-corrected chi connectivity index (χ0v) is 18.7. The molecule has 0 aliphatic heterocycles. The number of halogens is 2. The van der Waals surface area contributed by atoms with Gasteiger partial charge in [-0.2, -0.15) is 0 Å². The number of carbonyl (C=O) groups excluding carboxylic acids is 1. The third-order valence-corrected chi connectivity index (χ3v) is 6.04. The summed E-state index contributed by atoms with van der Waals surface area (Å²) < 4.78 is 8.12. The minimum Gasteiger partial charge on any atom is -0.495 e. The number of hydrogen-bond acceptors (Lipinski definition) is 4. The van der Waals surface area contributed by atoms with Crippen molar-refractivity contribution in [3.63, 3.8) is 0 Å². The average Bonchev–Trinajstić information content (AvgIpc) is 3.11. The molecule has 0 aliphatic carbocycles. The van der Waals surface area contributed by atoms with Crippen LogP contribution in [0.25, 0.3) is 11.0 Å². The third-order valence-electron chi connectivity index (χ3n) is 4.74. The molecule has 4 rings (SSSR count). The number of amides is 1. The van der Waals surface area contributed by atoms with Crippen molar-refractivity contribution in [1.29, 1.82) is 0 Å². The van der Waals surface area contributed by atoms with E-state index < -0.39 is 0 Å². The van der Waals surface area contributed by atoms with Crippen LogP contribution in [0.15, 0.2) is 59.5 Å². The molecule has 2 heterocycles. The predicted molar refractivity (Wildman–Crippen MR) is 121 cm³/mol. The van der Waals surface area contributed by atoms with E-state index in [1.807, 2.05) is 47.9 Å². The molecule has 0 bridgehead atoms. The van der Waals surface area contributed by atoms with Gasteiger partial charge in [0.2, 0.25) is 0 Å². The molecule has 152 valence electrons. The Bertz CT molecular complexity index is 1240. The van der Waals surface area contributed by atoms with E-state index in [0.29, 0.717) is 39.7 Å². The molecule has 4 aromatic rings. The topological polar surface area (TPSA) is 69.0 Å². The van der Waals surface area contributed by atoms with Crippen molar-refractivity contribution in [3.05, 3.63) is 81.3 Å². The zero-order chi connectivity index (χ0) is 21.3. The van der Waals surface area contributed by atoms with Crippen LogP contribution in [0.3, 0.4) is 0 Å². The van der Waals surface area contributed by atoms with Crippen molar-refractivity contribution < 1.29 is 9.53 Å². The summed E-state index contributed by atoms with van der Waals surface area (Å²) in [6.45, 7) is 2.48. The lowest BCUT2D eigenvalue weighted by molar-refractivity contribution is 0.102. The van der Waals surface area contributed by atoms with Crippen LogP contribution in [0.1, 0.15) is 21.5 Å². The van der Waals surface area contributed by atoms with E-state index in [4.69, 9.17) is 16.3 Å². The molecule has 0 spiro atoms. The van der Waals surface area contributed by atoms with Crippen LogP contribution in [-0.2, 0) is 6.54 Å². The van der Waals surface area contributed by atoms with Gasteiger partial charge >= 0.3 is 0 Å². The summed E-state index contributed by atoms with van der Waals surface area (Å²) in [5.41, 5.74) is 4.20. The lowest BCUT2D eigenvalue weighted by Gasteiger charge is -2.11. The van der Waals surface area contributed by atoms with E-state index in [0.717, 1.165) is 15.6 Å². The number of aryl methyl sites for hydroxylation is 1. The quantitative estimate of drug-likeness (QED) is 0.381. The SMILES string of the molecule is COc1cc(NC(=O)c2cn(Cc3ccccc3)c3c(Cl)ncnc23)cc(C)c1Br. The summed E-state index contributed by atoms with van der Waals surface area (Å²) in [5.74, 6) is 0.354. The maximum Gasteiger partial charge on any atom is 0.259 e. The van der Waals surface area contributed by atoms with Crippen LogP contribution < -0.4 is 10.1 Å². The van der Waals surface area contributed by atoms with Crippen LogP contribution in [-0.4, -0.2) is 27.6 Å². The molecule has 0 fully saturated rings. The molecule has 30 heavy (non-hydrogen) atoms. The molecule has 0 aliphatic rings. The Hall–Kier alpha value is -2.90. The van der Waals surface area contributed by atoms with Gasteiger partial charge in [0.25, 0.3) is 5.91 Å². The van der Waals surface area contributed by atoms with Gasteiger partial charge in [-0.25, -0.2) is 9.97 Å². The van der Waals surface area contributed by atoms with E-state index in [1.165, 1.54) is 6.33 Å². The Labute approximate surface area is 187 Å². The van der Waals surface area contributed by atoms with Crippen LogP contribution in [0.4, 0.5) is 5.69 Å². The minimum absolute atomic E-state index is 0.287. The van der Waals surface area contributed by atoms with Gasteiger partial charge in [0, 0.05) is 24.5 Å². The Morgan fingerprint density at radius 2 is 2.00 bits per heavy atom. The third kappa shape index (κ3) is 3.91. The van der Waals surface area contributed by atoms with Gasteiger partial charge < -0.3 is 14.6 Å². The van der Waals surface area contributed by atoms with Gasteiger partial charge in [0.05, 0.1) is 17.1 Å². The summed E-state index contributed by atoms with van der Waals surface area (Å²) in [6, 6.07) is 13.6. The molecule has 0 unspecified atom stereocenters. The summed E-state index contributed by atoms with van der Waals surface area (Å²) >= 11 is 9.85. The van der Waals surface area contributed by atoms with Gasteiger partial charge in [-0.05, 0) is 40.0 Å². The van der Waals surface area contributed by atoms with E-state index in [1.54, 1.807) is 19.4 Å². The molecule has 0 radical (unpaired) electrons. The Balaban J connectivity index is 1.73. The molecule has 1 amide bonds. The summed E-state index contributed by atoms with van der Waals surface area (Å²) in [7, 11) is 1.58. The van der Waals surface area contributed by atoms with Crippen LogP contribution in [0.5, 0.6) is 5.75 Å². The van der Waals surface area contributed by atoms with Crippen molar-refractivity contribution in [1.82, 2.24) is 14.5 Å². The van der Waals surface area contributed by atoms with Crippen LogP contribution in [0.2, 0.25) is 5.15 Å². The molecule has 2 aromatic carbocycles. The van der Waals surface area contributed by atoms with Gasteiger partial charge in [0.15, 0.2) is 5.15 Å². The fraction of sp³-hybridized carbons (Fsp3) is 0.136. The molecule has 8 heteroatoms. The van der Waals surface area contributed by atoms with Gasteiger partial charge in [0.1, 0.15) is 23.1 Å². The second kappa shape index (κ2) is 8.45. The number of aromatic nitrogens is 3. The normalized spacial score (nSPS) is 10.9. The van der Waals surface area contributed by atoms with Crippen molar-refractivity contribution in [2.24, 2.45) is 0 Å². The lowest BCUT2D eigenvalue weighted by Crippen LogP contribution is -2.12. The highest BCUT2D eigenvalue weighted by molar-refractivity contribution is 9.10. The zero-order valence-electron chi connectivity index (χ0n) is 16.3. The van der Waals surface area contributed by atoms with E-state index in [-0.39, 0.29) is 5.91 Å². The van der Waals surface area contributed by atoms with Crippen molar-refractivity contribution in [2.75, 3.05) is 12.4 Å². The number of benzene rings is 2. The maximum absolute atomic E-state index is 13.1. The minimum atomic E-state index is -0.287. The molecule has 6 nitrogen and oxygen atoms in total. The van der Waals surface area contributed by atoms with Gasteiger partial charge in [-0.15, -0.1) is 0 Å². The second-order valence-electron chi connectivity index (χ2n) is 6.78. The molecule has 2 aromatic heterocycles. The van der Waals surface area contributed by atoms with Gasteiger partial charge in [-0.1, -0.05) is 41.9 Å². The fourth-order valence-electron chi connectivity index (χ4n) is 3.32. The highest BCUT2D eigenvalue weighted by Crippen LogP contribution is 2.32. The number of nitrogens with zero attached hydrogens (tertiary/aromatic N) is 3. The number of fused-ring (bicyclic) bond motifs is 1. The molecule has 1 N–H and O–H groups in total. The smallest absolute Gasteiger partial charge is 0.259 e. The summed E-state index contributed by atoms with van der Waals surface area (Å²) in [5, 5.41) is 3.24. The number of rotatable bonds is 5. The van der Waals surface area contributed by atoms with Crippen LogP contribution >= 0.6 is 27.5 Å². The number of nitrogens with one attached hydrogen (secondary N) is 1. The highest BCUT2D eigenvalue weighted by Gasteiger charge is 2.20. The van der Waals surface area contributed by atoms with Crippen molar-refractivity contribution >= 4 is 50.2 Å².